The number of nitrogens with zero attached hydrogens (tertiary/aromatic N) is 1. The second kappa shape index (κ2) is 7.13. The summed E-state index contributed by atoms with van der Waals surface area (Å²) >= 11 is 0. The first-order valence-electron chi connectivity index (χ1n) is 5.82. The SMILES string of the molecule is CC(C)N/C=C(/C#N)C(=O)NCc1ccccc1. The normalized spacial score (nSPS) is 10.9. The highest BCUT2D eigenvalue weighted by atomic mass is 16.1. The topological polar surface area (TPSA) is 64.9 Å². The minimum Gasteiger partial charge on any atom is -0.387 e. The van der Waals surface area contributed by atoms with Gasteiger partial charge in [0, 0.05) is 18.8 Å². The molecular formula is C14H17N3O. The Morgan fingerprint density at radius 2 is 2.06 bits per heavy atom. The molecular weight excluding hydrogens is 226 g/mol. The lowest BCUT2D eigenvalue weighted by Gasteiger charge is -2.06. The monoisotopic (exact) mass is 243 g/mol. The van der Waals surface area contributed by atoms with Crippen LogP contribution in [0.25, 0.3) is 0 Å². The van der Waals surface area contributed by atoms with Gasteiger partial charge in [-0.2, -0.15) is 5.26 Å². The molecule has 4 nitrogen and oxygen atoms in total. The summed E-state index contributed by atoms with van der Waals surface area (Å²) in [7, 11) is 0. The Labute approximate surface area is 107 Å². The lowest BCUT2D eigenvalue weighted by atomic mass is 10.2. The predicted molar refractivity (Wildman–Crippen MR) is 70.3 cm³/mol. The molecule has 94 valence electrons. The molecule has 1 aromatic carbocycles. The lowest BCUT2D eigenvalue weighted by molar-refractivity contribution is -0.117. The molecule has 0 aliphatic rings. The van der Waals surface area contributed by atoms with E-state index in [1.54, 1.807) is 0 Å². The highest BCUT2D eigenvalue weighted by molar-refractivity contribution is 5.97. The van der Waals surface area contributed by atoms with Gasteiger partial charge in [0.1, 0.15) is 11.6 Å². The molecule has 0 spiro atoms. The third-order valence-electron chi connectivity index (χ3n) is 2.22. The average Bonchev–Trinajstić information content (AvgIpc) is 2.38. The molecule has 0 bridgehead atoms. The second-order valence-electron chi connectivity index (χ2n) is 4.16. The summed E-state index contributed by atoms with van der Waals surface area (Å²) in [5.41, 5.74) is 1.08. The molecule has 0 heterocycles. The van der Waals surface area contributed by atoms with Crippen LogP contribution in [-0.2, 0) is 11.3 Å². The molecule has 0 aromatic heterocycles. The Bertz CT molecular complexity index is 458. The first-order chi connectivity index (χ1) is 8.63. The van der Waals surface area contributed by atoms with Crippen molar-refractivity contribution >= 4 is 5.91 Å². The lowest BCUT2D eigenvalue weighted by Crippen LogP contribution is -2.26. The van der Waals surface area contributed by atoms with E-state index in [0.29, 0.717) is 6.54 Å². The third kappa shape index (κ3) is 4.71. The van der Waals surface area contributed by atoms with Crippen LogP contribution in [0.4, 0.5) is 0 Å². The van der Waals surface area contributed by atoms with Gasteiger partial charge in [-0.3, -0.25) is 4.79 Å². The van der Waals surface area contributed by atoms with Gasteiger partial charge in [0.25, 0.3) is 5.91 Å². The van der Waals surface area contributed by atoms with Crippen LogP contribution in [-0.4, -0.2) is 11.9 Å². The van der Waals surface area contributed by atoms with Gasteiger partial charge in [-0.15, -0.1) is 0 Å². The van der Waals surface area contributed by atoms with Crippen LogP contribution in [0.3, 0.4) is 0 Å². The number of carbonyl (C=O) groups excluding carboxylic acids is 1. The quantitative estimate of drug-likeness (QED) is 0.611. The van der Waals surface area contributed by atoms with Gasteiger partial charge in [0.05, 0.1) is 0 Å². The summed E-state index contributed by atoms with van der Waals surface area (Å²) < 4.78 is 0. The van der Waals surface area contributed by atoms with E-state index < -0.39 is 0 Å². The number of hydrogen-bond donors (Lipinski definition) is 2. The highest BCUT2D eigenvalue weighted by Crippen LogP contribution is 1.99. The van der Waals surface area contributed by atoms with E-state index in [1.807, 2.05) is 50.2 Å². The smallest absolute Gasteiger partial charge is 0.263 e. The molecule has 1 amide bonds. The van der Waals surface area contributed by atoms with Gasteiger partial charge < -0.3 is 10.6 Å². The van der Waals surface area contributed by atoms with Gasteiger partial charge >= 0.3 is 0 Å². The largest absolute Gasteiger partial charge is 0.387 e. The molecule has 0 saturated heterocycles. The van der Waals surface area contributed by atoms with E-state index in [9.17, 15) is 4.79 Å². The van der Waals surface area contributed by atoms with Crippen molar-refractivity contribution in [3.63, 3.8) is 0 Å². The zero-order chi connectivity index (χ0) is 13.4. The van der Waals surface area contributed by atoms with Crippen molar-refractivity contribution in [2.45, 2.75) is 26.4 Å². The van der Waals surface area contributed by atoms with E-state index >= 15 is 0 Å². The van der Waals surface area contributed by atoms with Gasteiger partial charge in [-0.25, -0.2) is 0 Å². The fourth-order valence-corrected chi connectivity index (χ4v) is 1.27. The van der Waals surface area contributed by atoms with Crippen LogP contribution in [0, 0.1) is 11.3 Å². The van der Waals surface area contributed by atoms with E-state index in [4.69, 9.17) is 5.26 Å². The van der Waals surface area contributed by atoms with E-state index in [1.165, 1.54) is 6.20 Å². The molecule has 18 heavy (non-hydrogen) atoms. The van der Waals surface area contributed by atoms with Gasteiger partial charge in [0.2, 0.25) is 0 Å². The summed E-state index contributed by atoms with van der Waals surface area (Å²) in [6, 6.07) is 11.6. The van der Waals surface area contributed by atoms with Crippen molar-refractivity contribution in [3.8, 4) is 6.07 Å². The molecule has 0 saturated carbocycles. The number of rotatable bonds is 5. The Morgan fingerprint density at radius 1 is 1.39 bits per heavy atom. The maximum atomic E-state index is 11.7. The number of benzene rings is 1. The van der Waals surface area contributed by atoms with Crippen molar-refractivity contribution in [3.05, 3.63) is 47.7 Å². The molecule has 0 atom stereocenters. The van der Waals surface area contributed by atoms with Crippen molar-refractivity contribution in [2.75, 3.05) is 0 Å². The number of amides is 1. The van der Waals surface area contributed by atoms with E-state index in [-0.39, 0.29) is 17.5 Å². The molecule has 2 N–H and O–H groups in total. The number of hydrogen-bond acceptors (Lipinski definition) is 3. The number of nitriles is 1. The van der Waals surface area contributed by atoms with E-state index in [2.05, 4.69) is 10.6 Å². The molecule has 0 radical (unpaired) electrons. The first kappa shape index (κ1) is 13.8. The fourth-order valence-electron chi connectivity index (χ4n) is 1.27. The fraction of sp³-hybridized carbons (Fsp3) is 0.286. The molecule has 0 aliphatic heterocycles. The standard InChI is InChI=1S/C14H17N3O/c1-11(2)16-10-13(8-15)14(18)17-9-12-6-4-3-5-7-12/h3-7,10-11,16H,9H2,1-2H3,(H,17,18)/b13-10-. The number of carbonyl (C=O) groups is 1. The first-order valence-corrected chi connectivity index (χ1v) is 5.82. The van der Waals surface area contributed by atoms with Crippen LogP contribution in [0.15, 0.2) is 42.1 Å². The van der Waals surface area contributed by atoms with Crippen molar-refractivity contribution in [2.24, 2.45) is 0 Å². The van der Waals surface area contributed by atoms with Crippen molar-refractivity contribution in [1.29, 1.82) is 5.26 Å². The maximum absolute atomic E-state index is 11.7. The van der Waals surface area contributed by atoms with Crippen LogP contribution in [0.1, 0.15) is 19.4 Å². The predicted octanol–water partition coefficient (Wildman–Crippen LogP) is 1.71. The summed E-state index contributed by atoms with van der Waals surface area (Å²) in [5.74, 6) is -0.366. The Kier molecular flexibility index (Phi) is 5.46. The number of nitrogens with one attached hydrogen (secondary N) is 2. The van der Waals surface area contributed by atoms with Crippen LogP contribution in [0.5, 0.6) is 0 Å². The molecule has 1 aromatic rings. The van der Waals surface area contributed by atoms with Crippen LogP contribution in [0.2, 0.25) is 0 Å². The van der Waals surface area contributed by atoms with Crippen molar-refractivity contribution in [1.82, 2.24) is 10.6 Å². The molecule has 1 rings (SSSR count). The molecule has 0 unspecified atom stereocenters. The van der Waals surface area contributed by atoms with Gasteiger partial charge in [0.15, 0.2) is 0 Å². The van der Waals surface area contributed by atoms with E-state index in [0.717, 1.165) is 5.56 Å². The molecule has 0 fully saturated rings. The molecule has 0 aliphatic carbocycles. The minimum atomic E-state index is -0.366. The summed E-state index contributed by atoms with van der Waals surface area (Å²) in [6.07, 6.45) is 1.45. The zero-order valence-electron chi connectivity index (χ0n) is 10.6. The Morgan fingerprint density at radius 3 is 2.61 bits per heavy atom. The third-order valence-corrected chi connectivity index (χ3v) is 2.22. The zero-order valence-corrected chi connectivity index (χ0v) is 10.6. The minimum absolute atomic E-state index is 0.0830. The van der Waals surface area contributed by atoms with Crippen molar-refractivity contribution < 1.29 is 4.79 Å². The second-order valence-corrected chi connectivity index (χ2v) is 4.16. The summed E-state index contributed by atoms with van der Waals surface area (Å²) in [6.45, 7) is 4.29. The van der Waals surface area contributed by atoms with Crippen LogP contribution >= 0.6 is 0 Å². The molecule has 4 heteroatoms. The van der Waals surface area contributed by atoms with Gasteiger partial charge in [-0.1, -0.05) is 30.3 Å². The van der Waals surface area contributed by atoms with Crippen LogP contribution < -0.4 is 10.6 Å². The summed E-state index contributed by atoms with van der Waals surface area (Å²) in [4.78, 5) is 11.7. The average molecular weight is 243 g/mol. The summed E-state index contributed by atoms with van der Waals surface area (Å²) in [5, 5.41) is 14.5. The maximum Gasteiger partial charge on any atom is 0.263 e. The Balaban J connectivity index is 2.54. The highest BCUT2D eigenvalue weighted by Gasteiger charge is 2.08. The van der Waals surface area contributed by atoms with Gasteiger partial charge in [-0.05, 0) is 19.4 Å². The Hall–Kier alpha value is -2.28.